The summed E-state index contributed by atoms with van der Waals surface area (Å²) in [6.07, 6.45) is 6.74. The Morgan fingerprint density at radius 2 is 1.11 bits per heavy atom. The SMILES string of the molecule is C1=CC2=C(CC1)c1cccc3c(-c4nc(-c5ccccc5)nc(-c5ccc(-c6cccc7oc8ccccc8c67)cc5)n4)ccc2c13. The van der Waals surface area contributed by atoms with Crippen molar-refractivity contribution in [2.45, 2.75) is 12.8 Å². The highest BCUT2D eigenvalue weighted by molar-refractivity contribution is 6.19. The van der Waals surface area contributed by atoms with Crippen molar-refractivity contribution in [2.24, 2.45) is 0 Å². The van der Waals surface area contributed by atoms with Crippen LogP contribution in [0.2, 0.25) is 0 Å². The number of aromatic nitrogens is 3. The topological polar surface area (TPSA) is 51.8 Å². The molecular weight excluding hydrogens is 574 g/mol. The maximum Gasteiger partial charge on any atom is 0.164 e. The van der Waals surface area contributed by atoms with Crippen molar-refractivity contribution in [1.29, 1.82) is 0 Å². The van der Waals surface area contributed by atoms with Crippen molar-refractivity contribution >= 4 is 43.9 Å². The summed E-state index contributed by atoms with van der Waals surface area (Å²) in [7, 11) is 0. The lowest BCUT2D eigenvalue weighted by molar-refractivity contribution is 0.669. The van der Waals surface area contributed by atoms with Gasteiger partial charge in [0.1, 0.15) is 11.2 Å². The highest BCUT2D eigenvalue weighted by atomic mass is 16.3. The molecule has 0 atom stereocenters. The molecule has 0 N–H and O–H groups in total. The molecule has 4 nitrogen and oxygen atoms in total. The average molecular weight is 602 g/mol. The molecule has 0 amide bonds. The minimum Gasteiger partial charge on any atom is -0.456 e. The molecule has 0 bridgehead atoms. The molecule has 0 unspecified atom stereocenters. The molecule has 2 aromatic heterocycles. The van der Waals surface area contributed by atoms with E-state index >= 15 is 0 Å². The number of allylic oxidation sites excluding steroid dienone is 4. The van der Waals surface area contributed by atoms with E-state index in [2.05, 4.69) is 103 Å². The zero-order chi connectivity index (χ0) is 30.9. The van der Waals surface area contributed by atoms with E-state index in [0.717, 1.165) is 62.6 Å². The Hall–Kier alpha value is -6.13. The fourth-order valence-electron chi connectivity index (χ4n) is 7.43. The standard InChI is InChI=1S/C43H27N3O/c1-2-10-27(11-3-1)41-44-42(28-22-20-26(21-23-28)29-15-9-19-38-40(29)36-14-6-7-18-37(36)47-38)46-43(45-41)35-25-24-34-31-13-5-4-12-30(31)32-16-8-17-33(35)39(32)34/h1-3,5-11,13-25H,4,12H2. The lowest BCUT2D eigenvalue weighted by Gasteiger charge is -2.12. The van der Waals surface area contributed by atoms with Crippen LogP contribution >= 0.6 is 0 Å². The fourth-order valence-corrected chi connectivity index (χ4v) is 7.43. The molecule has 2 heterocycles. The molecule has 6 aromatic carbocycles. The molecule has 0 fully saturated rings. The Morgan fingerprint density at radius 1 is 0.447 bits per heavy atom. The van der Waals surface area contributed by atoms with Crippen LogP contribution in [-0.2, 0) is 0 Å². The summed E-state index contributed by atoms with van der Waals surface area (Å²) in [5, 5.41) is 4.72. The van der Waals surface area contributed by atoms with Gasteiger partial charge in [-0.1, -0.05) is 121 Å². The molecule has 0 saturated carbocycles. The van der Waals surface area contributed by atoms with Gasteiger partial charge in [-0.05, 0) is 75.2 Å². The van der Waals surface area contributed by atoms with E-state index in [9.17, 15) is 0 Å². The van der Waals surface area contributed by atoms with E-state index in [0.29, 0.717) is 17.5 Å². The number of rotatable bonds is 4. The van der Waals surface area contributed by atoms with Gasteiger partial charge in [0.2, 0.25) is 0 Å². The lowest BCUT2D eigenvalue weighted by atomic mass is 9.95. The number of fused-ring (bicyclic) bond motifs is 5. The van der Waals surface area contributed by atoms with E-state index in [4.69, 9.17) is 19.4 Å². The van der Waals surface area contributed by atoms with Crippen LogP contribution < -0.4 is 0 Å². The van der Waals surface area contributed by atoms with Crippen LogP contribution in [0, 0.1) is 0 Å². The van der Waals surface area contributed by atoms with Crippen LogP contribution in [0.25, 0.3) is 89.1 Å². The van der Waals surface area contributed by atoms with E-state index in [1.807, 2.05) is 36.4 Å². The molecular formula is C43H27N3O. The van der Waals surface area contributed by atoms with Gasteiger partial charge in [0, 0.05) is 27.5 Å². The van der Waals surface area contributed by atoms with Crippen molar-refractivity contribution in [1.82, 2.24) is 15.0 Å². The second-order valence-corrected chi connectivity index (χ2v) is 12.2. The molecule has 0 radical (unpaired) electrons. The first-order valence-electron chi connectivity index (χ1n) is 16.1. The van der Waals surface area contributed by atoms with Crippen LogP contribution in [0.3, 0.4) is 0 Å². The Balaban J connectivity index is 1.12. The third kappa shape index (κ3) is 4.05. The summed E-state index contributed by atoms with van der Waals surface area (Å²) in [5.41, 5.74) is 12.4. The number of hydrogen-bond acceptors (Lipinski definition) is 4. The molecule has 4 heteroatoms. The molecule has 47 heavy (non-hydrogen) atoms. The van der Waals surface area contributed by atoms with Crippen molar-refractivity contribution in [2.75, 3.05) is 0 Å². The average Bonchev–Trinajstić information content (AvgIpc) is 3.69. The molecule has 2 aliphatic rings. The van der Waals surface area contributed by atoms with Crippen molar-refractivity contribution in [3.05, 3.63) is 151 Å². The highest BCUT2D eigenvalue weighted by Crippen LogP contribution is 2.48. The van der Waals surface area contributed by atoms with Gasteiger partial charge in [0.05, 0.1) is 0 Å². The summed E-state index contributed by atoms with van der Waals surface area (Å²) in [6.45, 7) is 0. The normalized spacial score (nSPS) is 13.6. The minimum atomic E-state index is 0.649. The van der Waals surface area contributed by atoms with Crippen LogP contribution in [0.1, 0.15) is 24.0 Å². The van der Waals surface area contributed by atoms with Gasteiger partial charge >= 0.3 is 0 Å². The third-order valence-electron chi connectivity index (χ3n) is 9.59. The molecule has 0 spiro atoms. The molecule has 2 aliphatic carbocycles. The zero-order valence-electron chi connectivity index (χ0n) is 25.4. The smallest absolute Gasteiger partial charge is 0.164 e. The van der Waals surface area contributed by atoms with Crippen LogP contribution in [0.5, 0.6) is 0 Å². The Labute approximate surface area is 271 Å². The monoisotopic (exact) mass is 601 g/mol. The Morgan fingerprint density at radius 3 is 1.98 bits per heavy atom. The Bertz CT molecular complexity index is 2610. The summed E-state index contributed by atoms with van der Waals surface area (Å²) in [6, 6.07) is 44.2. The summed E-state index contributed by atoms with van der Waals surface area (Å²) >= 11 is 0. The number of furan rings is 1. The summed E-state index contributed by atoms with van der Waals surface area (Å²) in [4.78, 5) is 15.2. The minimum absolute atomic E-state index is 0.649. The van der Waals surface area contributed by atoms with Crippen molar-refractivity contribution in [3.63, 3.8) is 0 Å². The van der Waals surface area contributed by atoms with E-state index in [1.165, 1.54) is 33.0 Å². The first-order chi connectivity index (χ1) is 23.3. The second-order valence-electron chi connectivity index (χ2n) is 12.2. The fraction of sp³-hybridized carbons (Fsp3) is 0.0465. The third-order valence-corrected chi connectivity index (χ3v) is 9.59. The number of benzene rings is 6. The maximum absolute atomic E-state index is 6.16. The van der Waals surface area contributed by atoms with E-state index < -0.39 is 0 Å². The molecule has 8 aromatic rings. The van der Waals surface area contributed by atoms with Crippen LogP contribution in [-0.4, -0.2) is 15.0 Å². The van der Waals surface area contributed by atoms with Gasteiger partial charge in [-0.25, -0.2) is 15.0 Å². The van der Waals surface area contributed by atoms with E-state index in [1.54, 1.807) is 0 Å². The molecule has 0 aliphatic heterocycles. The van der Waals surface area contributed by atoms with E-state index in [-0.39, 0.29) is 0 Å². The quantitative estimate of drug-likeness (QED) is 0.201. The molecule has 220 valence electrons. The van der Waals surface area contributed by atoms with Crippen LogP contribution in [0.4, 0.5) is 0 Å². The van der Waals surface area contributed by atoms with Crippen LogP contribution in [0.15, 0.2) is 144 Å². The lowest BCUT2D eigenvalue weighted by Crippen LogP contribution is -2.01. The predicted octanol–water partition coefficient (Wildman–Crippen LogP) is 11.2. The second kappa shape index (κ2) is 10.2. The van der Waals surface area contributed by atoms with Gasteiger partial charge in [0.25, 0.3) is 0 Å². The number of hydrogen-bond donors (Lipinski definition) is 0. The predicted molar refractivity (Wildman–Crippen MR) is 192 cm³/mol. The number of nitrogens with zero attached hydrogens (tertiary/aromatic N) is 3. The first-order valence-corrected chi connectivity index (χ1v) is 16.1. The zero-order valence-corrected chi connectivity index (χ0v) is 25.4. The van der Waals surface area contributed by atoms with Crippen molar-refractivity contribution < 1.29 is 4.42 Å². The summed E-state index contributed by atoms with van der Waals surface area (Å²) < 4.78 is 6.16. The van der Waals surface area contributed by atoms with Crippen molar-refractivity contribution in [3.8, 4) is 45.3 Å². The summed E-state index contributed by atoms with van der Waals surface area (Å²) in [5.74, 6) is 1.99. The van der Waals surface area contributed by atoms with Gasteiger partial charge in [-0.2, -0.15) is 0 Å². The Kier molecular flexibility index (Phi) is 5.67. The van der Waals surface area contributed by atoms with Gasteiger partial charge in [-0.15, -0.1) is 0 Å². The van der Waals surface area contributed by atoms with Gasteiger partial charge < -0.3 is 4.42 Å². The van der Waals surface area contributed by atoms with Gasteiger partial charge in [0.15, 0.2) is 17.5 Å². The first kappa shape index (κ1) is 26.1. The van der Waals surface area contributed by atoms with Gasteiger partial charge in [-0.3, -0.25) is 0 Å². The highest BCUT2D eigenvalue weighted by Gasteiger charge is 2.26. The maximum atomic E-state index is 6.16. The number of para-hydroxylation sites is 1. The molecule has 0 saturated heterocycles. The molecule has 10 rings (SSSR count). The largest absolute Gasteiger partial charge is 0.456 e.